The van der Waals surface area contributed by atoms with E-state index in [0.717, 1.165) is 27.1 Å². The predicted molar refractivity (Wildman–Crippen MR) is 133 cm³/mol. The number of aromatic nitrogens is 1. The van der Waals surface area contributed by atoms with E-state index in [2.05, 4.69) is 25.3 Å². The van der Waals surface area contributed by atoms with Crippen LogP contribution < -0.4 is 10.5 Å². The SMILES string of the molecule is CC(C)(O)Cc1c(SC(C)(C)C)c2cc(OCC(N)=O)ccc2n1Cc1ccc(Cl)cc1. The van der Waals surface area contributed by atoms with Crippen molar-refractivity contribution < 1.29 is 14.6 Å². The molecule has 0 aliphatic heterocycles. The summed E-state index contributed by atoms with van der Waals surface area (Å²) in [5.74, 6) is 0.0722. The molecule has 2 aromatic carbocycles. The van der Waals surface area contributed by atoms with Gasteiger partial charge in [-0.15, -0.1) is 11.8 Å². The van der Waals surface area contributed by atoms with Crippen molar-refractivity contribution in [1.82, 2.24) is 4.57 Å². The molecule has 0 aliphatic carbocycles. The zero-order chi connectivity index (χ0) is 23.7. The molecule has 0 saturated heterocycles. The van der Waals surface area contributed by atoms with E-state index < -0.39 is 11.5 Å². The fraction of sp³-hybridized carbons (Fsp3) is 0.400. The van der Waals surface area contributed by atoms with Gasteiger partial charge in [-0.05, 0) is 49.7 Å². The monoisotopic (exact) mass is 474 g/mol. The van der Waals surface area contributed by atoms with Crippen molar-refractivity contribution in [3.05, 3.63) is 58.7 Å². The number of carbonyl (C=O) groups excluding carboxylic acids is 1. The highest BCUT2D eigenvalue weighted by Crippen LogP contribution is 2.43. The zero-order valence-corrected chi connectivity index (χ0v) is 20.8. The second-order valence-electron chi connectivity index (χ2n) is 9.63. The van der Waals surface area contributed by atoms with Gasteiger partial charge in [0.2, 0.25) is 0 Å². The fourth-order valence-corrected chi connectivity index (χ4v) is 4.87. The van der Waals surface area contributed by atoms with Gasteiger partial charge in [-0.25, -0.2) is 0 Å². The van der Waals surface area contributed by atoms with Gasteiger partial charge in [-0.2, -0.15) is 0 Å². The van der Waals surface area contributed by atoms with Crippen LogP contribution in [0.1, 0.15) is 45.9 Å². The Morgan fingerprint density at radius 3 is 2.34 bits per heavy atom. The third-order valence-corrected chi connectivity index (χ3v) is 6.26. The molecule has 0 saturated carbocycles. The molecule has 0 atom stereocenters. The molecule has 3 rings (SSSR count). The van der Waals surface area contributed by atoms with Gasteiger partial charge in [0, 0.05) is 44.2 Å². The highest BCUT2D eigenvalue weighted by Gasteiger charge is 2.27. The van der Waals surface area contributed by atoms with Crippen LogP contribution in [0.15, 0.2) is 47.4 Å². The maximum atomic E-state index is 11.2. The molecule has 3 N–H and O–H groups in total. The Morgan fingerprint density at radius 1 is 1.12 bits per heavy atom. The number of halogens is 1. The average molecular weight is 475 g/mol. The Bertz CT molecular complexity index is 1110. The topological polar surface area (TPSA) is 77.5 Å². The normalized spacial score (nSPS) is 12.3. The van der Waals surface area contributed by atoms with Gasteiger partial charge in [0.1, 0.15) is 5.75 Å². The molecule has 0 aliphatic rings. The number of carbonyl (C=O) groups is 1. The standard InChI is InChI=1S/C25H31ClN2O3S/c1-24(2,3)32-23-19-12-18(31-15-22(27)29)10-11-20(19)28(21(23)13-25(4,5)30)14-16-6-8-17(26)9-7-16/h6-12,30H,13-15H2,1-5H3,(H2,27,29). The third-order valence-electron chi connectivity index (χ3n) is 4.73. The lowest BCUT2D eigenvalue weighted by Gasteiger charge is -2.23. The van der Waals surface area contributed by atoms with Crippen LogP contribution in [0, 0.1) is 0 Å². The van der Waals surface area contributed by atoms with Gasteiger partial charge in [-0.3, -0.25) is 4.79 Å². The van der Waals surface area contributed by atoms with E-state index in [-0.39, 0.29) is 11.4 Å². The number of ether oxygens (including phenoxy) is 1. The predicted octanol–water partition coefficient (Wildman–Crippen LogP) is 5.41. The third kappa shape index (κ3) is 6.44. The molecule has 1 heterocycles. The van der Waals surface area contributed by atoms with E-state index in [4.69, 9.17) is 22.1 Å². The maximum absolute atomic E-state index is 11.2. The number of primary amides is 1. The summed E-state index contributed by atoms with van der Waals surface area (Å²) in [5.41, 5.74) is 7.59. The molecular formula is C25H31ClN2O3S. The first-order valence-electron chi connectivity index (χ1n) is 10.5. The average Bonchev–Trinajstić information content (AvgIpc) is 2.91. The minimum absolute atomic E-state index is 0.0438. The lowest BCUT2D eigenvalue weighted by Crippen LogP contribution is -2.24. The Kier molecular flexibility index (Phi) is 7.18. The number of hydrogen-bond donors (Lipinski definition) is 2. The first-order valence-corrected chi connectivity index (χ1v) is 11.7. The molecular weight excluding hydrogens is 444 g/mol. The van der Waals surface area contributed by atoms with Gasteiger partial charge in [0.15, 0.2) is 6.61 Å². The van der Waals surface area contributed by atoms with Gasteiger partial charge < -0.3 is 20.1 Å². The summed E-state index contributed by atoms with van der Waals surface area (Å²) in [6, 6.07) is 13.6. The number of nitrogens with two attached hydrogens (primary N) is 1. The number of nitrogens with zero attached hydrogens (tertiary/aromatic N) is 1. The maximum Gasteiger partial charge on any atom is 0.255 e. The van der Waals surface area contributed by atoms with Crippen molar-refractivity contribution >= 4 is 40.2 Å². The summed E-state index contributed by atoms with van der Waals surface area (Å²) in [6.45, 7) is 10.6. The number of benzene rings is 2. The first-order chi connectivity index (χ1) is 14.8. The number of amides is 1. The first kappa shape index (κ1) is 24.5. The molecule has 0 unspecified atom stereocenters. The molecule has 1 aromatic heterocycles. The van der Waals surface area contributed by atoms with Crippen molar-refractivity contribution in [3.63, 3.8) is 0 Å². The molecule has 0 spiro atoms. The Morgan fingerprint density at radius 2 is 1.78 bits per heavy atom. The lowest BCUT2D eigenvalue weighted by atomic mass is 10.0. The highest BCUT2D eigenvalue weighted by atomic mass is 35.5. The second kappa shape index (κ2) is 9.38. The molecule has 0 radical (unpaired) electrons. The van der Waals surface area contributed by atoms with E-state index in [1.54, 1.807) is 11.8 Å². The number of aliphatic hydroxyl groups is 1. The molecule has 172 valence electrons. The summed E-state index contributed by atoms with van der Waals surface area (Å²) in [4.78, 5) is 12.3. The van der Waals surface area contributed by atoms with Crippen LogP contribution in [-0.4, -0.2) is 32.5 Å². The van der Waals surface area contributed by atoms with Crippen molar-refractivity contribution in [2.24, 2.45) is 5.73 Å². The molecule has 0 bridgehead atoms. The van der Waals surface area contributed by atoms with E-state index in [0.29, 0.717) is 23.7 Å². The van der Waals surface area contributed by atoms with Crippen LogP contribution in [0.3, 0.4) is 0 Å². The van der Waals surface area contributed by atoms with E-state index in [1.165, 1.54) is 0 Å². The minimum Gasteiger partial charge on any atom is -0.484 e. The van der Waals surface area contributed by atoms with Gasteiger partial charge >= 0.3 is 0 Å². The Labute approximate surface area is 198 Å². The van der Waals surface area contributed by atoms with Crippen LogP contribution in [0.5, 0.6) is 5.75 Å². The highest BCUT2D eigenvalue weighted by molar-refractivity contribution is 8.00. The number of rotatable bonds is 8. The molecule has 1 amide bonds. The van der Waals surface area contributed by atoms with Gasteiger partial charge in [0.05, 0.1) is 5.60 Å². The number of hydrogen-bond acceptors (Lipinski definition) is 4. The molecule has 0 fully saturated rings. The van der Waals surface area contributed by atoms with Crippen molar-refractivity contribution in [3.8, 4) is 5.75 Å². The summed E-state index contributed by atoms with van der Waals surface area (Å²) < 4.78 is 7.79. The lowest BCUT2D eigenvalue weighted by molar-refractivity contribution is -0.119. The molecule has 7 heteroatoms. The quantitative estimate of drug-likeness (QED) is 0.428. The zero-order valence-electron chi connectivity index (χ0n) is 19.2. The summed E-state index contributed by atoms with van der Waals surface area (Å²) in [7, 11) is 0. The number of thioether (sulfide) groups is 1. The van der Waals surface area contributed by atoms with E-state index in [1.807, 2.05) is 56.3 Å². The van der Waals surface area contributed by atoms with Gasteiger partial charge in [0.25, 0.3) is 5.91 Å². The van der Waals surface area contributed by atoms with Crippen LogP contribution in [0.4, 0.5) is 0 Å². The van der Waals surface area contributed by atoms with Crippen LogP contribution in [-0.2, 0) is 17.8 Å². The summed E-state index contributed by atoms with van der Waals surface area (Å²) in [6.07, 6.45) is 0.491. The number of fused-ring (bicyclic) bond motifs is 1. The Hall–Kier alpha value is -2.15. The summed E-state index contributed by atoms with van der Waals surface area (Å²) in [5, 5.41) is 12.5. The van der Waals surface area contributed by atoms with E-state index in [9.17, 15) is 9.90 Å². The fourth-order valence-electron chi connectivity index (χ4n) is 3.56. The van der Waals surface area contributed by atoms with Crippen molar-refractivity contribution in [1.29, 1.82) is 0 Å². The van der Waals surface area contributed by atoms with E-state index >= 15 is 0 Å². The van der Waals surface area contributed by atoms with Crippen LogP contribution in [0.25, 0.3) is 10.9 Å². The van der Waals surface area contributed by atoms with Crippen LogP contribution in [0.2, 0.25) is 5.02 Å². The van der Waals surface area contributed by atoms with Crippen molar-refractivity contribution in [2.75, 3.05) is 6.61 Å². The Balaban J connectivity index is 2.21. The molecule has 5 nitrogen and oxygen atoms in total. The van der Waals surface area contributed by atoms with Crippen LogP contribution >= 0.6 is 23.4 Å². The second-order valence-corrected chi connectivity index (χ2v) is 11.9. The molecule has 32 heavy (non-hydrogen) atoms. The van der Waals surface area contributed by atoms with Gasteiger partial charge in [-0.1, -0.05) is 44.5 Å². The largest absolute Gasteiger partial charge is 0.484 e. The minimum atomic E-state index is -0.884. The smallest absolute Gasteiger partial charge is 0.255 e. The summed E-state index contributed by atoms with van der Waals surface area (Å²) >= 11 is 7.85. The van der Waals surface area contributed by atoms with Crippen molar-refractivity contribution in [2.45, 2.75) is 62.8 Å². The molecule has 3 aromatic rings.